The average Bonchev–Trinajstić information content (AvgIpc) is 3.63. The molecule has 2 aromatic heterocycles. The van der Waals surface area contributed by atoms with Gasteiger partial charge in [-0.1, -0.05) is 30.3 Å². The molecule has 4 N–H and O–H groups in total. The first-order chi connectivity index (χ1) is 16.7. The maximum atomic E-state index is 5.34. The molecule has 0 radical (unpaired) electrons. The van der Waals surface area contributed by atoms with Gasteiger partial charge < -0.3 is 20.6 Å². The van der Waals surface area contributed by atoms with Crippen molar-refractivity contribution < 1.29 is 0 Å². The molecule has 0 saturated carbocycles. The third kappa shape index (κ3) is 5.06. The van der Waals surface area contributed by atoms with Gasteiger partial charge in [-0.05, 0) is 68.0 Å². The van der Waals surface area contributed by atoms with Crippen molar-refractivity contribution in [3.63, 3.8) is 0 Å². The van der Waals surface area contributed by atoms with Crippen LogP contribution in [0.15, 0.2) is 48.7 Å². The summed E-state index contributed by atoms with van der Waals surface area (Å²) in [4.78, 5) is 16.3. The van der Waals surface area contributed by atoms with Crippen molar-refractivity contribution in [3.05, 3.63) is 71.6 Å². The molecule has 0 aliphatic carbocycles. The molecule has 0 bridgehead atoms. The van der Waals surface area contributed by atoms with Gasteiger partial charge in [0.1, 0.15) is 11.6 Å². The van der Waals surface area contributed by atoms with Crippen LogP contribution in [0.4, 0.5) is 0 Å². The van der Waals surface area contributed by atoms with E-state index in [4.69, 9.17) is 11.4 Å². The molecule has 2 atom stereocenters. The number of nitrogens with zero attached hydrogens (tertiary/aromatic N) is 2. The lowest BCUT2D eigenvalue weighted by Gasteiger charge is -2.09. The minimum Gasteiger partial charge on any atom is -0.345 e. The number of fused-ring (bicyclic) bond motifs is 1. The molecule has 2 aromatic carbocycles. The fourth-order valence-corrected chi connectivity index (χ4v) is 4.61. The molecule has 6 nitrogen and oxygen atoms in total. The van der Waals surface area contributed by atoms with Crippen LogP contribution in [-0.2, 0) is 12.8 Å². The van der Waals surface area contributed by atoms with Crippen molar-refractivity contribution in [3.8, 4) is 23.5 Å². The van der Waals surface area contributed by atoms with Crippen LogP contribution in [-0.4, -0.2) is 33.0 Å². The first-order valence-electron chi connectivity index (χ1n) is 12.2. The van der Waals surface area contributed by atoms with Crippen molar-refractivity contribution in [2.24, 2.45) is 0 Å². The van der Waals surface area contributed by atoms with E-state index in [1.54, 1.807) is 0 Å². The number of aromatic nitrogens is 4. The van der Waals surface area contributed by atoms with E-state index in [9.17, 15) is 0 Å². The summed E-state index contributed by atoms with van der Waals surface area (Å²) in [6.45, 7) is 3.97. The van der Waals surface area contributed by atoms with Gasteiger partial charge in [-0.25, -0.2) is 9.97 Å². The van der Waals surface area contributed by atoms with Gasteiger partial charge in [0.25, 0.3) is 0 Å². The predicted molar refractivity (Wildman–Crippen MR) is 137 cm³/mol. The van der Waals surface area contributed by atoms with Crippen LogP contribution < -0.4 is 10.6 Å². The third-order valence-electron chi connectivity index (χ3n) is 6.64. The number of H-pyrrole nitrogens is 2. The van der Waals surface area contributed by atoms with Crippen molar-refractivity contribution in [2.45, 2.75) is 51.1 Å². The summed E-state index contributed by atoms with van der Waals surface area (Å²) in [6, 6.07) is 15.8. The molecule has 1 saturated heterocycles. The summed E-state index contributed by atoms with van der Waals surface area (Å²) in [5.74, 6) is 4.68. The fourth-order valence-electron chi connectivity index (χ4n) is 4.61. The van der Waals surface area contributed by atoms with E-state index in [1.807, 2.05) is 6.20 Å². The molecule has 34 heavy (non-hydrogen) atoms. The van der Waals surface area contributed by atoms with Gasteiger partial charge in [-0.15, -0.1) is 12.3 Å². The lowest BCUT2D eigenvalue weighted by molar-refractivity contribution is 0.561. The Morgan fingerprint density at radius 1 is 1.12 bits per heavy atom. The summed E-state index contributed by atoms with van der Waals surface area (Å²) < 4.78 is 0. The van der Waals surface area contributed by atoms with Gasteiger partial charge in [0.15, 0.2) is 0 Å². The number of hydrogen-bond acceptors (Lipinski definition) is 4. The standard InChI is InChI=1S/C28H32N6/c1-3-4-15-29-19(2)27-33-24-14-12-22(17-26(24)34-27)21-10-7-20(8-11-21)9-13-23-18-31-28(32-23)25-6-5-16-30-25/h1,7-8,10-12,14,17-19,25,29-30H,4-6,9,13,15-16H2,2H3,(H,31,32)(H,33,34). The van der Waals surface area contributed by atoms with E-state index < -0.39 is 0 Å². The molecule has 3 heterocycles. The third-order valence-corrected chi connectivity index (χ3v) is 6.64. The van der Waals surface area contributed by atoms with Crippen LogP contribution in [0, 0.1) is 12.3 Å². The molecular weight excluding hydrogens is 420 g/mol. The first kappa shape index (κ1) is 22.4. The summed E-state index contributed by atoms with van der Waals surface area (Å²) >= 11 is 0. The monoisotopic (exact) mass is 452 g/mol. The Bertz CT molecular complexity index is 1270. The Hall–Kier alpha value is -3.40. The summed E-state index contributed by atoms with van der Waals surface area (Å²) in [6.07, 6.45) is 12.4. The van der Waals surface area contributed by atoms with Gasteiger partial charge in [-0.2, -0.15) is 0 Å². The molecule has 1 fully saturated rings. The van der Waals surface area contributed by atoms with Crippen molar-refractivity contribution >= 4 is 11.0 Å². The summed E-state index contributed by atoms with van der Waals surface area (Å²) in [5.41, 5.74) is 6.95. The zero-order valence-electron chi connectivity index (χ0n) is 19.7. The van der Waals surface area contributed by atoms with Gasteiger partial charge >= 0.3 is 0 Å². The molecule has 0 spiro atoms. The van der Waals surface area contributed by atoms with Crippen LogP contribution >= 0.6 is 0 Å². The minimum atomic E-state index is 0.129. The van der Waals surface area contributed by atoms with Crippen molar-refractivity contribution in [1.82, 2.24) is 30.6 Å². The summed E-state index contributed by atoms with van der Waals surface area (Å²) in [7, 11) is 0. The highest BCUT2D eigenvalue weighted by Gasteiger charge is 2.18. The molecule has 1 aliphatic rings. The van der Waals surface area contributed by atoms with Crippen LogP contribution in [0.3, 0.4) is 0 Å². The van der Waals surface area contributed by atoms with E-state index >= 15 is 0 Å². The Morgan fingerprint density at radius 3 is 2.76 bits per heavy atom. The highest BCUT2D eigenvalue weighted by molar-refractivity contribution is 5.82. The molecule has 6 heteroatoms. The quantitative estimate of drug-likeness (QED) is 0.216. The zero-order valence-corrected chi connectivity index (χ0v) is 19.7. The first-order valence-corrected chi connectivity index (χ1v) is 12.2. The number of aromatic amines is 2. The van der Waals surface area contributed by atoms with E-state index in [-0.39, 0.29) is 6.04 Å². The molecule has 1 aliphatic heterocycles. The number of rotatable bonds is 9. The lowest BCUT2D eigenvalue weighted by Crippen LogP contribution is -2.20. The van der Waals surface area contributed by atoms with Gasteiger partial charge in [0.2, 0.25) is 0 Å². The van der Waals surface area contributed by atoms with Crippen LogP contribution in [0.2, 0.25) is 0 Å². The Balaban J connectivity index is 1.22. The van der Waals surface area contributed by atoms with Crippen LogP contribution in [0.1, 0.15) is 61.2 Å². The average molecular weight is 453 g/mol. The van der Waals surface area contributed by atoms with E-state index in [0.29, 0.717) is 12.5 Å². The largest absolute Gasteiger partial charge is 0.345 e. The molecular formula is C28H32N6. The van der Waals surface area contributed by atoms with Crippen LogP contribution in [0.5, 0.6) is 0 Å². The molecule has 5 rings (SSSR count). The number of imidazole rings is 2. The van der Waals surface area contributed by atoms with E-state index in [2.05, 4.69) is 80.9 Å². The normalized spacial score (nSPS) is 16.6. The smallest absolute Gasteiger partial charge is 0.124 e. The Labute approximate surface area is 201 Å². The molecule has 0 amide bonds. The number of hydrogen-bond donors (Lipinski definition) is 4. The second-order valence-corrected chi connectivity index (χ2v) is 9.12. The Kier molecular flexibility index (Phi) is 6.75. The number of aryl methyl sites for hydroxylation is 2. The topological polar surface area (TPSA) is 81.4 Å². The van der Waals surface area contributed by atoms with Crippen molar-refractivity contribution in [1.29, 1.82) is 0 Å². The summed E-state index contributed by atoms with van der Waals surface area (Å²) in [5, 5.41) is 6.91. The van der Waals surface area contributed by atoms with E-state index in [1.165, 1.54) is 35.2 Å². The highest BCUT2D eigenvalue weighted by Crippen LogP contribution is 2.25. The second kappa shape index (κ2) is 10.3. The van der Waals surface area contributed by atoms with Crippen LogP contribution in [0.25, 0.3) is 22.2 Å². The zero-order chi connectivity index (χ0) is 23.3. The molecule has 174 valence electrons. The predicted octanol–water partition coefficient (Wildman–Crippen LogP) is 4.84. The molecule has 4 aromatic rings. The highest BCUT2D eigenvalue weighted by atomic mass is 15.0. The van der Waals surface area contributed by atoms with Gasteiger partial charge in [-0.3, -0.25) is 0 Å². The lowest BCUT2D eigenvalue weighted by atomic mass is 10.0. The number of nitrogens with one attached hydrogen (secondary N) is 4. The van der Waals surface area contributed by atoms with Gasteiger partial charge in [0, 0.05) is 24.9 Å². The second-order valence-electron chi connectivity index (χ2n) is 9.12. The van der Waals surface area contributed by atoms with E-state index in [0.717, 1.165) is 48.6 Å². The maximum Gasteiger partial charge on any atom is 0.124 e. The van der Waals surface area contributed by atoms with Crippen molar-refractivity contribution in [2.75, 3.05) is 13.1 Å². The fraction of sp³-hybridized carbons (Fsp3) is 0.357. The maximum absolute atomic E-state index is 5.34. The Morgan fingerprint density at radius 2 is 1.97 bits per heavy atom. The SMILES string of the molecule is C#CCCNC(C)c1nc2ccc(-c3ccc(CCc4cnc(C5CCCN5)[nH]4)cc3)cc2[nH]1. The van der Waals surface area contributed by atoms with Gasteiger partial charge in [0.05, 0.1) is 23.1 Å². The number of terminal acetylenes is 1. The number of benzene rings is 2. The minimum absolute atomic E-state index is 0.129. The molecule has 2 unspecified atom stereocenters.